The van der Waals surface area contributed by atoms with E-state index in [-0.39, 0.29) is 0 Å². The molecular weight excluding hydrogens is 260 g/mol. The summed E-state index contributed by atoms with van der Waals surface area (Å²) >= 11 is 9.19. The van der Waals surface area contributed by atoms with Crippen LogP contribution in [0.15, 0.2) is 22.9 Å². The van der Waals surface area contributed by atoms with Crippen molar-refractivity contribution in [1.29, 1.82) is 0 Å². The average molecular weight is 273 g/mol. The van der Waals surface area contributed by atoms with Gasteiger partial charge in [-0.2, -0.15) is 0 Å². The van der Waals surface area contributed by atoms with Gasteiger partial charge < -0.3 is 4.90 Å². The first kappa shape index (κ1) is 11.9. The van der Waals surface area contributed by atoms with E-state index in [1.54, 1.807) is 22.7 Å². The third-order valence-corrected chi connectivity index (χ3v) is 4.49. The van der Waals surface area contributed by atoms with Gasteiger partial charge in [0.1, 0.15) is 0 Å². The molecule has 16 heavy (non-hydrogen) atoms. The highest BCUT2D eigenvalue weighted by molar-refractivity contribution is 7.13. The largest absolute Gasteiger partial charge is 0.351 e. The molecule has 0 fully saturated rings. The van der Waals surface area contributed by atoms with Crippen LogP contribution < -0.4 is 4.90 Å². The van der Waals surface area contributed by atoms with Crippen LogP contribution in [0, 0.1) is 0 Å². The lowest BCUT2D eigenvalue weighted by molar-refractivity contribution is 0.878. The third-order valence-electron chi connectivity index (χ3n) is 2.28. The highest BCUT2D eigenvalue weighted by Gasteiger charge is 2.06. The third kappa shape index (κ3) is 2.97. The van der Waals surface area contributed by atoms with Crippen molar-refractivity contribution in [2.24, 2.45) is 0 Å². The Morgan fingerprint density at radius 2 is 2.31 bits per heavy atom. The lowest BCUT2D eigenvalue weighted by Crippen LogP contribution is -2.19. The number of halogens is 1. The summed E-state index contributed by atoms with van der Waals surface area (Å²) in [7, 11) is 2.07. The number of hydrogen-bond donors (Lipinski definition) is 0. The molecule has 0 radical (unpaired) electrons. The first-order valence-electron chi connectivity index (χ1n) is 5.03. The predicted octanol–water partition coefficient (Wildman–Crippen LogP) is 3.62. The molecule has 0 aliphatic carbocycles. The first-order chi connectivity index (χ1) is 7.79. The van der Waals surface area contributed by atoms with Crippen molar-refractivity contribution in [3.63, 3.8) is 0 Å². The average Bonchev–Trinajstić information content (AvgIpc) is 2.96. The Hall–Kier alpha value is -0.580. The van der Waals surface area contributed by atoms with Crippen molar-refractivity contribution in [2.75, 3.05) is 18.5 Å². The quantitative estimate of drug-likeness (QED) is 0.773. The summed E-state index contributed by atoms with van der Waals surface area (Å²) in [5, 5.41) is 5.18. The summed E-state index contributed by atoms with van der Waals surface area (Å²) in [5.74, 6) is 0.495. The van der Waals surface area contributed by atoms with Crippen molar-refractivity contribution < 1.29 is 0 Å². The smallest absolute Gasteiger partial charge is 0.185 e. The van der Waals surface area contributed by atoms with Gasteiger partial charge in [0.05, 0.1) is 11.6 Å². The number of rotatable bonds is 5. The second-order valence-electron chi connectivity index (χ2n) is 3.51. The number of alkyl halides is 1. The number of thiophene rings is 1. The number of anilines is 1. The summed E-state index contributed by atoms with van der Waals surface area (Å²) in [6.45, 7) is 0.996. The molecule has 0 amide bonds. The standard InChI is InChI=1S/C11H13ClN2S2/c1-14(5-4-10-3-2-6-15-10)11-13-9(7-12)8-16-11/h2-3,6,8H,4-5,7H2,1H3. The molecule has 2 heterocycles. The molecule has 0 atom stereocenters. The highest BCUT2D eigenvalue weighted by atomic mass is 35.5. The summed E-state index contributed by atoms with van der Waals surface area (Å²) < 4.78 is 0. The Bertz CT molecular complexity index is 425. The molecule has 5 heteroatoms. The van der Waals surface area contributed by atoms with E-state index in [1.807, 2.05) is 5.38 Å². The van der Waals surface area contributed by atoms with Gasteiger partial charge in [-0.15, -0.1) is 34.3 Å². The van der Waals surface area contributed by atoms with E-state index in [0.717, 1.165) is 23.8 Å². The normalized spacial score (nSPS) is 10.6. The minimum Gasteiger partial charge on any atom is -0.351 e. The van der Waals surface area contributed by atoms with Crippen LogP contribution in [0.4, 0.5) is 5.13 Å². The maximum absolute atomic E-state index is 5.73. The van der Waals surface area contributed by atoms with Crippen LogP contribution >= 0.6 is 34.3 Å². The molecule has 0 N–H and O–H groups in total. The molecule has 0 unspecified atom stereocenters. The molecule has 0 saturated heterocycles. The van der Waals surface area contributed by atoms with E-state index in [1.165, 1.54) is 4.88 Å². The molecule has 2 aromatic rings. The van der Waals surface area contributed by atoms with E-state index in [4.69, 9.17) is 11.6 Å². The van der Waals surface area contributed by atoms with Crippen LogP contribution in [0.25, 0.3) is 0 Å². The second kappa shape index (κ2) is 5.66. The van der Waals surface area contributed by atoms with Gasteiger partial charge in [0.25, 0.3) is 0 Å². The Morgan fingerprint density at radius 3 is 2.94 bits per heavy atom. The minimum absolute atomic E-state index is 0.495. The van der Waals surface area contributed by atoms with Crippen molar-refractivity contribution in [2.45, 2.75) is 12.3 Å². The molecule has 0 aliphatic rings. The number of nitrogens with zero attached hydrogens (tertiary/aromatic N) is 2. The van der Waals surface area contributed by atoms with Crippen LogP contribution in [0.2, 0.25) is 0 Å². The fourth-order valence-corrected chi connectivity index (χ4v) is 3.11. The van der Waals surface area contributed by atoms with Crippen LogP contribution in [0.3, 0.4) is 0 Å². The van der Waals surface area contributed by atoms with Gasteiger partial charge in [0, 0.05) is 23.8 Å². The number of aromatic nitrogens is 1. The van der Waals surface area contributed by atoms with E-state index < -0.39 is 0 Å². The van der Waals surface area contributed by atoms with Gasteiger partial charge in [0.15, 0.2) is 5.13 Å². The Balaban J connectivity index is 1.90. The van der Waals surface area contributed by atoms with Gasteiger partial charge >= 0.3 is 0 Å². The van der Waals surface area contributed by atoms with E-state index in [0.29, 0.717) is 5.88 Å². The van der Waals surface area contributed by atoms with Crippen molar-refractivity contribution >= 4 is 39.4 Å². The van der Waals surface area contributed by atoms with Crippen LogP contribution in [0.1, 0.15) is 10.6 Å². The van der Waals surface area contributed by atoms with Crippen LogP contribution in [-0.2, 0) is 12.3 Å². The molecule has 2 aromatic heterocycles. The molecule has 2 rings (SSSR count). The molecule has 0 aromatic carbocycles. The zero-order valence-electron chi connectivity index (χ0n) is 9.02. The lowest BCUT2D eigenvalue weighted by Gasteiger charge is -2.14. The first-order valence-corrected chi connectivity index (χ1v) is 7.33. The van der Waals surface area contributed by atoms with Crippen molar-refractivity contribution in [1.82, 2.24) is 4.98 Å². The number of hydrogen-bond acceptors (Lipinski definition) is 4. The van der Waals surface area contributed by atoms with Crippen LogP contribution in [0.5, 0.6) is 0 Å². The number of likely N-dealkylation sites (N-methyl/N-ethyl adjacent to an activating group) is 1. The summed E-state index contributed by atoms with van der Waals surface area (Å²) in [6, 6.07) is 4.26. The van der Waals surface area contributed by atoms with Crippen LogP contribution in [-0.4, -0.2) is 18.6 Å². The van der Waals surface area contributed by atoms with E-state index in [2.05, 4.69) is 34.4 Å². The Kier molecular flexibility index (Phi) is 4.21. The van der Waals surface area contributed by atoms with Crippen molar-refractivity contribution in [3.05, 3.63) is 33.5 Å². The summed E-state index contributed by atoms with van der Waals surface area (Å²) in [6.07, 6.45) is 1.07. The number of thiazole rings is 1. The van der Waals surface area contributed by atoms with Gasteiger partial charge in [-0.1, -0.05) is 6.07 Å². The SMILES string of the molecule is CN(CCc1cccs1)c1nc(CCl)cs1. The second-order valence-corrected chi connectivity index (χ2v) is 5.64. The van der Waals surface area contributed by atoms with Crippen molar-refractivity contribution in [3.8, 4) is 0 Å². The molecule has 0 saturated carbocycles. The Morgan fingerprint density at radius 1 is 1.44 bits per heavy atom. The zero-order chi connectivity index (χ0) is 11.4. The fraction of sp³-hybridized carbons (Fsp3) is 0.364. The zero-order valence-corrected chi connectivity index (χ0v) is 11.4. The molecular formula is C11H13ClN2S2. The summed E-state index contributed by atoms with van der Waals surface area (Å²) in [4.78, 5) is 8.04. The minimum atomic E-state index is 0.495. The van der Waals surface area contributed by atoms with Gasteiger partial charge in [-0.25, -0.2) is 4.98 Å². The molecule has 0 aliphatic heterocycles. The summed E-state index contributed by atoms with van der Waals surface area (Å²) in [5.41, 5.74) is 0.963. The maximum atomic E-state index is 5.73. The van der Waals surface area contributed by atoms with Gasteiger partial charge in [0.2, 0.25) is 0 Å². The predicted molar refractivity (Wildman–Crippen MR) is 73.0 cm³/mol. The topological polar surface area (TPSA) is 16.1 Å². The molecule has 0 bridgehead atoms. The molecule has 2 nitrogen and oxygen atoms in total. The van der Waals surface area contributed by atoms with E-state index in [9.17, 15) is 0 Å². The Labute approximate surface area is 109 Å². The molecule has 86 valence electrons. The highest BCUT2D eigenvalue weighted by Crippen LogP contribution is 2.21. The van der Waals surface area contributed by atoms with E-state index >= 15 is 0 Å². The fourth-order valence-electron chi connectivity index (χ4n) is 1.36. The van der Waals surface area contributed by atoms with Gasteiger partial charge in [-0.05, 0) is 17.9 Å². The monoisotopic (exact) mass is 272 g/mol. The van der Waals surface area contributed by atoms with Gasteiger partial charge in [-0.3, -0.25) is 0 Å². The molecule has 0 spiro atoms. The maximum Gasteiger partial charge on any atom is 0.185 e. The lowest BCUT2D eigenvalue weighted by atomic mass is 10.3.